The van der Waals surface area contributed by atoms with Crippen LogP contribution in [0.15, 0.2) is 29.4 Å². The lowest BCUT2D eigenvalue weighted by Crippen LogP contribution is -2.00. The highest BCUT2D eigenvalue weighted by molar-refractivity contribution is 6.33. The number of carbonyl (C=O) groups is 1. The van der Waals surface area contributed by atoms with Gasteiger partial charge in [0.25, 0.3) is 0 Å². The zero-order chi connectivity index (χ0) is 10.4. The fraction of sp³-hybridized carbons (Fsp3) is 0.111. The van der Waals surface area contributed by atoms with Gasteiger partial charge in [0.05, 0.1) is 6.21 Å². The molecule has 0 atom stereocenters. The molecule has 0 aliphatic rings. The van der Waals surface area contributed by atoms with Gasteiger partial charge >= 0.3 is 5.97 Å². The molecule has 1 rings (SSSR count). The average molecular weight is 232 g/mol. The molecule has 0 aliphatic carbocycles. The van der Waals surface area contributed by atoms with Crippen molar-refractivity contribution >= 4 is 35.4 Å². The van der Waals surface area contributed by atoms with Gasteiger partial charge in [0.2, 0.25) is 0 Å². The number of rotatable bonds is 3. The molecule has 3 nitrogen and oxygen atoms in total. The number of carbonyl (C=O) groups excluding carboxylic acids is 1. The summed E-state index contributed by atoms with van der Waals surface area (Å²) >= 11 is 11.0. The fourth-order valence-electron chi connectivity index (χ4n) is 0.746. The minimum absolute atomic E-state index is 0.222. The van der Waals surface area contributed by atoms with E-state index in [0.717, 1.165) is 0 Å². The summed E-state index contributed by atoms with van der Waals surface area (Å²) in [4.78, 5) is 15.0. The maximum atomic E-state index is 10.6. The lowest BCUT2D eigenvalue weighted by molar-refractivity contribution is -0.140. The summed E-state index contributed by atoms with van der Waals surface area (Å²) in [5.41, 5.74) is 0.677. The second kappa shape index (κ2) is 5.62. The van der Waals surface area contributed by atoms with Crippen LogP contribution in [0.5, 0.6) is 0 Å². The van der Waals surface area contributed by atoms with Gasteiger partial charge in [-0.2, -0.15) is 0 Å². The van der Waals surface area contributed by atoms with Crippen LogP contribution in [0, 0.1) is 0 Å². The first-order chi connectivity index (χ1) is 6.74. The lowest BCUT2D eigenvalue weighted by Gasteiger charge is -1.95. The van der Waals surface area contributed by atoms with E-state index in [1.807, 2.05) is 0 Å². The molecule has 14 heavy (non-hydrogen) atoms. The Kier molecular flexibility index (Phi) is 4.43. The van der Waals surface area contributed by atoms with Gasteiger partial charge in [-0.1, -0.05) is 35.0 Å². The van der Waals surface area contributed by atoms with E-state index in [2.05, 4.69) is 9.99 Å². The van der Waals surface area contributed by atoms with Crippen molar-refractivity contribution in [1.82, 2.24) is 0 Å². The van der Waals surface area contributed by atoms with Crippen LogP contribution < -0.4 is 0 Å². The normalized spacial score (nSPS) is 10.4. The summed E-state index contributed by atoms with van der Waals surface area (Å²) < 4.78 is 0. The molecule has 0 bridgehead atoms. The number of hydrogen-bond donors (Lipinski definition) is 0. The van der Waals surface area contributed by atoms with Crippen LogP contribution in [0.3, 0.4) is 0 Å². The second-order valence-corrected chi connectivity index (χ2v) is 3.03. The van der Waals surface area contributed by atoms with E-state index in [1.54, 1.807) is 24.3 Å². The van der Waals surface area contributed by atoms with Crippen LogP contribution in [-0.2, 0) is 9.63 Å². The molecule has 0 heterocycles. The van der Waals surface area contributed by atoms with Gasteiger partial charge in [-0.15, -0.1) is 11.6 Å². The van der Waals surface area contributed by atoms with Crippen molar-refractivity contribution in [2.24, 2.45) is 5.16 Å². The molecule has 0 saturated heterocycles. The Labute approximate surface area is 91.3 Å². The van der Waals surface area contributed by atoms with Gasteiger partial charge < -0.3 is 4.84 Å². The van der Waals surface area contributed by atoms with Crippen LogP contribution in [0.4, 0.5) is 0 Å². The largest absolute Gasteiger partial charge is 0.349 e. The summed E-state index contributed by atoms with van der Waals surface area (Å²) in [6.07, 6.45) is 1.35. The quantitative estimate of drug-likeness (QED) is 0.347. The Morgan fingerprint density at radius 1 is 1.50 bits per heavy atom. The van der Waals surface area contributed by atoms with Crippen LogP contribution in [0.1, 0.15) is 5.56 Å². The molecule has 0 unspecified atom stereocenters. The van der Waals surface area contributed by atoms with E-state index >= 15 is 0 Å². The Bertz CT molecular complexity index is 352. The minimum Gasteiger partial charge on any atom is -0.317 e. The topological polar surface area (TPSA) is 38.7 Å². The van der Waals surface area contributed by atoms with Gasteiger partial charge in [-0.05, 0) is 6.07 Å². The van der Waals surface area contributed by atoms with Crippen molar-refractivity contribution in [3.05, 3.63) is 34.9 Å². The van der Waals surface area contributed by atoms with Gasteiger partial charge in [0.15, 0.2) is 0 Å². The van der Waals surface area contributed by atoms with Crippen molar-refractivity contribution in [3.8, 4) is 0 Å². The Hall–Kier alpha value is -1.06. The summed E-state index contributed by atoms with van der Waals surface area (Å²) in [5, 5.41) is 3.97. The molecule has 5 heteroatoms. The predicted octanol–water partition coefficient (Wildman–Crippen LogP) is 2.46. The van der Waals surface area contributed by atoms with Crippen molar-refractivity contribution in [1.29, 1.82) is 0 Å². The first kappa shape index (κ1) is 11.0. The van der Waals surface area contributed by atoms with Crippen molar-refractivity contribution in [2.75, 3.05) is 5.88 Å². The highest BCUT2D eigenvalue weighted by atomic mass is 35.5. The van der Waals surface area contributed by atoms with Crippen molar-refractivity contribution in [2.45, 2.75) is 0 Å². The van der Waals surface area contributed by atoms with Gasteiger partial charge in [0, 0.05) is 10.6 Å². The number of oxime groups is 1. The summed E-state index contributed by atoms with van der Waals surface area (Å²) in [6, 6.07) is 7.06. The summed E-state index contributed by atoms with van der Waals surface area (Å²) in [7, 11) is 0. The maximum Gasteiger partial charge on any atom is 0.349 e. The van der Waals surface area contributed by atoms with E-state index in [-0.39, 0.29) is 5.88 Å². The average Bonchev–Trinajstić information content (AvgIpc) is 2.20. The number of halogens is 2. The fourth-order valence-corrected chi connectivity index (χ4v) is 0.979. The van der Waals surface area contributed by atoms with E-state index in [4.69, 9.17) is 23.2 Å². The standard InChI is InChI=1S/C9H7Cl2NO2/c10-5-9(13)14-12-6-7-3-1-2-4-8(7)11/h1-4,6H,5H2/b12-6+. The number of hydrogen-bond acceptors (Lipinski definition) is 3. The maximum absolute atomic E-state index is 10.6. The molecule has 0 radical (unpaired) electrons. The molecule has 0 N–H and O–H groups in total. The predicted molar refractivity (Wildman–Crippen MR) is 55.9 cm³/mol. The monoisotopic (exact) mass is 231 g/mol. The molecule has 0 saturated carbocycles. The lowest BCUT2D eigenvalue weighted by atomic mass is 10.2. The first-order valence-corrected chi connectivity index (χ1v) is 4.69. The highest BCUT2D eigenvalue weighted by Gasteiger charge is 1.98. The SMILES string of the molecule is O=C(CCl)O/N=C/c1ccccc1Cl. The van der Waals surface area contributed by atoms with E-state index in [1.165, 1.54) is 6.21 Å². The second-order valence-electron chi connectivity index (χ2n) is 2.35. The van der Waals surface area contributed by atoms with Crippen LogP contribution in [-0.4, -0.2) is 18.1 Å². The van der Waals surface area contributed by atoms with Gasteiger partial charge in [-0.25, -0.2) is 4.79 Å². The van der Waals surface area contributed by atoms with Crippen LogP contribution in [0.2, 0.25) is 5.02 Å². The van der Waals surface area contributed by atoms with E-state index in [0.29, 0.717) is 10.6 Å². The van der Waals surface area contributed by atoms with E-state index < -0.39 is 5.97 Å². The molecular formula is C9H7Cl2NO2. The highest BCUT2D eigenvalue weighted by Crippen LogP contribution is 2.12. The Morgan fingerprint density at radius 2 is 2.21 bits per heavy atom. The van der Waals surface area contributed by atoms with E-state index in [9.17, 15) is 4.79 Å². The minimum atomic E-state index is -0.602. The van der Waals surface area contributed by atoms with Crippen molar-refractivity contribution < 1.29 is 9.63 Å². The van der Waals surface area contributed by atoms with Crippen LogP contribution in [0.25, 0.3) is 0 Å². The number of benzene rings is 1. The van der Waals surface area contributed by atoms with Gasteiger partial charge in [-0.3, -0.25) is 0 Å². The third-order valence-corrected chi connectivity index (χ3v) is 1.92. The molecule has 0 aliphatic heterocycles. The molecule has 0 spiro atoms. The summed E-state index contributed by atoms with van der Waals surface area (Å²) in [5.74, 6) is -0.824. The molecule has 0 amide bonds. The molecule has 1 aromatic rings. The molecule has 74 valence electrons. The third kappa shape index (κ3) is 3.36. The summed E-state index contributed by atoms with van der Waals surface area (Å²) in [6.45, 7) is 0. The number of alkyl halides is 1. The Balaban J connectivity index is 2.60. The number of nitrogens with zero attached hydrogens (tertiary/aromatic N) is 1. The zero-order valence-corrected chi connectivity index (χ0v) is 8.63. The third-order valence-electron chi connectivity index (χ3n) is 1.36. The molecular weight excluding hydrogens is 225 g/mol. The molecule has 0 aromatic heterocycles. The molecule has 0 fully saturated rings. The Morgan fingerprint density at radius 3 is 2.86 bits per heavy atom. The first-order valence-electron chi connectivity index (χ1n) is 3.77. The van der Waals surface area contributed by atoms with Crippen molar-refractivity contribution in [3.63, 3.8) is 0 Å². The smallest absolute Gasteiger partial charge is 0.317 e. The van der Waals surface area contributed by atoms with Crippen LogP contribution >= 0.6 is 23.2 Å². The van der Waals surface area contributed by atoms with Gasteiger partial charge in [0.1, 0.15) is 5.88 Å². The zero-order valence-electron chi connectivity index (χ0n) is 7.11. The molecule has 1 aromatic carbocycles.